The van der Waals surface area contributed by atoms with Gasteiger partial charge in [-0.05, 0) is 36.3 Å². The van der Waals surface area contributed by atoms with Crippen LogP contribution in [0.25, 0.3) is 10.8 Å². The van der Waals surface area contributed by atoms with Gasteiger partial charge in [-0.3, -0.25) is 9.59 Å². The van der Waals surface area contributed by atoms with Gasteiger partial charge in [0.05, 0.1) is 0 Å². The molecule has 24 heavy (non-hydrogen) atoms. The van der Waals surface area contributed by atoms with Gasteiger partial charge in [-0.2, -0.15) is 0 Å². The summed E-state index contributed by atoms with van der Waals surface area (Å²) in [5.74, 6) is 0.212. The second kappa shape index (κ2) is 7.62. The van der Waals surface area contributed by atoms with Crippen molar-refractivity contribution in [2.45, 2.75) is 51.1 Å². The lowest BCUT2D eigenvalue weighted by Crippen LogP contribution is -2.40. The Morgan fingerprint density at radius 3 is 2.75 bits per heavy atom. The fourth-order valence-electron chi connectivity index (χ4n) is 3.76. The van der Waals surface area contributed by atoms with E-state index in [4.69, 9.17) is 5.73 Å². The van der Waals surface area contributed by atoms with E-state index in [0.717, 1.165) is 23.9 Å². The normalized spacial score (nSPS) is 17.0. The molecule has 1 aliphatic rings. The number of rotatable bonds is 6. The predicted octanol–water partition coefficient (Wildman–Crippen LogP) is 2.44. The Morgan fingerprint density at radius 1 is 1.25 bits per heavy atom. The lowest BCUT2D eigenvalue weighted by molar-refractivity contribution is -0.118. The van der Waals surface area contributed by atoms with E-state index in [1.54, 1.807) is 0 Å². The maximum Gasteiger partial charge on any atom is 0.256 e. The van der Waals surface area contributed by atoms with Gasteiger partial charge >= 0.3 is 0 Å². The number of carbonyl (C=O) groups excluding carboxylic acids is 1. The number of primary amides is 1. The molecule has 1 aliphatic carbocycles. The molecule has 5 nitrogen and oxygen atoms in total. The number of hydrogen-bond donors (Lipinski definition) is 3. The topological polar surface area (TPSA) is 88.0 Å². The van der Waals surface area contributed by atoms with Gasteiger partial charge in [0.15, 0.2) is 0 Å². The van der Waals surface area contributed by atoms with Crippen molar-refractivity contribution in [2.75, 3.05) is 0 Å². The van der Waals surface area contributed by atoms with Crippen molar-refractivity contribution in [3.05, 3.63) is 46.4 Å². The first-order chi connectivity index (χ1) is 11.6. The Morgan fingerprint density at radius 2 is 2.00 bits per heavy atom. The SMILES string of the molecule is NC(=O)C[C@H](NCc1cc2ccccc2c(=O)[nH]1)C1CCCCC1. The van der Waals surface area contributed by atoms with Crippen molar-refractivity contribution < 1.29 is 4.79 Å². The zero-order chi connectivity index (χ0) is 16.9. The first-order valence-electron chi connectivity index (χ1n) is 8.76. The van der Waals surface area contributed by atoms with Crippen molar-refractivity contribution in [3.63, 3.8) is 0 Å². The number of fused-ring (bicyclic) bond motifs is 1. The van der Waals surface area contributed by atoms with Crippen molar-refractivity contribution in [1.29, 1.82) is 0 Å². The van der Waals surface area contributed by atoms with Gasteiger partial charge in [0.2, 0.25) is 5.91 Å². The van der Waals surface area contributed by atoms with E-state index >= 15 is 0 Å². The average Bonchev–Trinajstić information content (AvgIpc) is 2.59. The van der Waals surface area contributed by atoms with Crippen LogP contribution in [0, 0.1) is 5.92 Å². The number of nitrogens with two attached hydrogens (primary N) is 1. The summed E-state index contributed by atoms with van der Waals surface area (Å²) < 4.78 is 0. The van der Waals surface area contributed by atoms with E-state index in [0.29, 0.717) is 24.3 Å². The van der Waals surface area contributed by atoms with Crippen LogP contribution in [-0.2, 0) is 11.3 Å². The van der Waals surface area contributed by atoms with Gasteiger partial charge in [-0.1, -0.05) is 37.5 Å². The Hall–Kier alpha value is -2.14. The zero-order valence-corrected chi connectivity index (χ0v) is 13.9. The van der Waals surface area contributed by atoms with E-state index in [1.807, 2.05) is 30.3 Å². The van der Waals surface area contributed by atoms with Crippen molar-refractivity contribution in [3.8, 4) is 0 Å². The summed E-state index contributed by atoms with van der Waals surface area (Å²) in [6, 6.07) is 9.63. The van der Waals surface area contributed by atoms with Gasteiger partial charge in [0, 0.05) is 30.1 Å². The van der Waals surface area contributed by atoms with Crippen LogP contribution in [0.1, 0.15) is 44.2 Å². The summed E-state index contributed by atoms with van der Waals surface area (Å²) in [5, 5.41) is 5.09. The Kier molecular flexibility index (Phi) is 5.30. The first kappa shape index (κ1) is 16.7. The minimum absolute atomic E-state index is 0.0750. The minimum Gasteiger partial charge on any atom is -0.370 e. The fraction of sp³-hybridized carbons (Fsp3) is 0.474. The molecule has 1 aromatic heterocycles. The number of hydrogen-bond acceptors (Lipinski definition) is 3. The molecule has 2 aromatic rings. The summed E-state index contributed by atoms with van der Waals surface area (Å²) in [4.78, 5) is 26.5. The van der Waals surface area contributed by atoms with Gasteiger partial charge < -0.3 is 16.0 Å². The van der Waals surface area contributed by atoms with Gasteiger partial charge in [0.25, 0.3) is 5.56 Å². The van der Waals surface area contributed by atoms with Gasteiger partial charge in [0.1, 0.15) is 0 Å². The molecule has 4 N–H and O–H groups in total. The van der Waals surface area contributed by atoms with Gasteiger partial charge in [-0.15, -0.1) is 0 Å². The first-order valence-corrected chi connectivity index (χ1v) is 8.76. The summed E-state index contributed by atoms with van der Waals surface area (Å²) in [5.41, 5.74) is 6.19. The summed E-state index contributed by atoms with van der Waals surface area (Å²) >= 11 is 0. The molecule has 1 heterocycles. The number of nitrogens with one attached hydrogen (secondary N) is 2. The maximum absolute atomic E-state index is 12.2. The summed E-state index contributed by atoms with van der Waals surface area (Å²) in [6.45, 7) is 0.536. The molecule has 1 atom stereocenters. The molecular formula is C19H25N3O2. The molecule has 3 rings (SSSR count). The molecule has 0 aliphatic heterocycles. The third kappa shape index (κ3) is 4.03. The molecule has 0 radical (unpaired) electrons. The van der Waals surface area contributed by atoms with E-state index < -0.39 is 0 Å². The Bertz CT molecular complexity index is 763. The molecule has 1 saturated carbocycles. The summed E-state index contributed by atoms with van der Waals surface area (Å²) in [7, 11) is 0. The highest BCUT2D eigenvalue weighted by molar-refractivity contribution is 5.81. The minimum atomic E-state index is -0.273. The number of pyridine rings is 1. The Labute approximate surface area is 141 Å². The second-order valence-electron chi connectivity index (χ2n) is 6.77. The second-order valence-corrected chi connectivity index (χ2v) is 6.77. The lowest BCUT2D eigenvalue weighted by atomic mass is 9.82. The molecule has 5 heteroatoms. The molecule has 0 bridgehead atoms. The highest BCUT2D eigenvalue weighted by Crippen LogP contribution is 2.28. The van der Waals surface area contributed by atoms with E-state index in [2.05, 4.69) is 10.3 Å². The molecular weight excluding hydrogens is 302 g/mol. The summed E-state index contributed by atoms with van der Waals surface area (Å²) in [6.07, 6.45) is 6.33. The van der Waals surface area contributed by atoms with Crippen LogP contribution in [0.3, 0.4) is 0 Å². The predicted molar refractivity (Wildman–Crippen MR) is 95.6 cm³/mol. The number of aromatic amines is 1. The van der Waals surface area contributed by atoms with Crippen LogP contribution in [-0.4, -0.2) is 16.9 Å². The molecule has 1 amide bonds. The van der Waals surface area contributed by atoms with Crippen LogP contribution < -0.4 is 16.6 Å². The quantitative estimate of drug-likeness (QED) is 0.761. The van der Waals surface area contributed by atoms with Crippen molar-refractivity contribution in [2.24, 2.45) is 11.7 Å². The Balaban J connectivity index is 1.73. The van der Waals surface area contributed by atoms with Crippen LogP contribution in [0.15, 0.2) is 35.1 Å². The number of carbonyl (C=O) groups is 1. The van der Waals surface area contributed by atoms with Crippen LogP contribution in [0.2, 0.25) is 0 Å². The molecule has 0 unspecified atom stereocenters. The average molecular weight is 327 g/mol. The standard InChI is InChI=1S/C19H25N3O2/c20-18(23)11-17(13-6-2-1-3-7-13)21-12-15-10-14-8-4-5-9-16(14)19(24)22-15/h4-5,8-10,13,17,21H,1-3,6-7,11-12H2,(H2,20,23)(H,22,24)/t17-/m0/s1. The van der Waals surface area contributed by atoms with E-state index in [9.17, 15) is 9.59 Å². The third-order valence-electron chi connectivity index (χ3n) is 5.00. The third-order valence-corrected chi connectivity index (χ3v) is 5.00. The maximum atomic E-state index is 12.2. The molecule has 1 fully saturated rings. The van der Waals surface area contributed by atoms with E-state index in [1.165, 1.54) is 19.3 Å². The van der Waals surface area contributed by atoms with E-state index in [-0.39, 0.29) is 17.5 Å². The smallest absolute Gasteiger partial charge is 0.256 e. The van der Waals surface area contributed by atoms with Crippen LogP contribution in [0.4, 0.5) is 0 Å². The molecule has 0 spiro atoms. The number of benzene rings is 1. The van der Waals surface area contributed by atoms with Crippen LogP contribution in [0.5, 0.6) is 0 Å². The van der Waals surface area contributed by atoms with Gasteiger partial charge in [-0.25, -0.2) is 0 Å². The highest BCUT2D eigenvalue weighted by Gasteiger charge is 2.24. The molecule has 128 valence electrons. The van der Waals surface area contributed by atoms with Crippen molar-refractivity contribution >= 4 is 16.7 Å². The monoisotopic (exact) mass is 327 g/mol. The zero-order valence-electron chi connectivity index (χ0n) is 13.9. The lowest BCUT2D eigenvalue weighted by Gasteiger charge is -2.30. The highest BCUT2D eigenvalue weighted by atomic mass is 16.1. The number of amides is 1. The molecule has 1 aromatic carbocycles. The van der Waals surface area contributed by atoms with Crippen molar-refractivity contribution in [1.82, 2.24) is 10.3 Å². The number of aromatic nitrogens is 1. The van der Waals surface area contributed by atoms with Crippen LogP contribution >= 0.6 is 0 Å². The largest absolute Gasteiger partial charge is 0.370 e. The number of H-pyrrole nitrogens is 1. The fourth-order valence-corrected chi connectivity index (χ4v) is 3.76. The molecule has 0 saturated heterocycles.